The average molecular weight is 246 g/mol. The maximum atomic E-state index is 3.50. The van der Waals surface area contributed by atoms with Gasteiger partial charge in [-0.05, 0) is 56.7 Å². The number of aryl methyl sites for hydroxylation is 2. The van der Waals surface area contributed by atoms with Gasteiger partial charge in [0.05, 0.1) is 0 Å². The summed E-state index contributed by atoms with van der Waals surface area (Å²) in [5, 5.41) is 6.99. The monoisotopic (exact) mass is 246 g/mol. The number of benzene rings is 1. The molecular weight excluding hydrogens is 220 g/mol. The van der Waals surface area contributed by atoms with Crippen molar-refractivity contribution in [3.63, 3.8) is 0 Å². The predicted molar refractivity (Wildman–Crippen MR) is 77.9 cm³/mol. The summed E-state index contributed by atoms with van der Waals surface area (Å²) in [7, 11) is 0. The van der Waals surface area contributed by atoms with Crippen molar-refractivity contribution in [2.75, 3.05) is 13.1 Å². The molecule has 2 heteroatoms. The molecule has 1 aromatic carbocycles. The lowest BCUT2D eigenvalue weighted by Gasteiger charge is -2.20. The van der Waals surface area contributed by atoms with Crippen LogP contribution in [-0.4, -0.2) is 18.6 Å². The van der Waals surface area contributed by atoms with Crippen molar-refractivity contribution in [3.8, 4) is 0 Å². The Balaban J connectivity index is 1.71. The lowest BCUT2D eigenvalue weighted by atomic mass is 10.1. The highest BCUT2D eigenvalue weighted by Gasteiger charge is 2.10. The molecule has 100 valence electrons. The van der Waals surface area contributed by atoms with Gasteiger partial charge in [0, 0.05) is 25.2 Å². The van der Waals surface area contributed by atoms with Crippen LogP contribution in [0.5, 0.6) is 0 Å². The van der Waals surface area contributed by atoms with Gasteiger partial charge in [-0.1, -0.05) is 18.2 Å². The molecule has 0 aliphatic heterocycles. The minimum Gasteiger partial charge on any atom is -0.311 e. The third-order valence-corrected chi connectivity index (χ3v) is 3.45. The minimum absolute atomic E-state index is 0.218. The zero-order valence-corrected chi connectivity index (χ0v) is 12.0. The summed E-state index contributed by atoms with van der Waals surface area (Å²) in [5.41, 5.74) is 4.77. The molecule has 0 unspecified atom stereocenters. The summed E-state index contributed by atoms with van der Waals surface area (Å²) in [6.45, 7) is 9.64. The Morgan fingerprint density at radius 1 is 1.06 bits per heavy atom. The first-order chi connectivity index (χ1) is 8.54. The van der Waals surface area contributed by atoms with Gasteiger partial charge in [-0.15, -0.1) is 0 Å². The minimum atomic E-state index is 0.218. The van der Waals surface area contributed by atoms with Crippen molar-refractivity contribution in [2.24, 2.45) is 0 Å². The van der Waals surface area contributed by atoms with Crippen LogP contribution in [0, 0.1) is 0 Å². The summed E-state index contributed by atoms with van der Waals surface area (Å²) in [6, 6.07) is 6.97. The fraction of sp³-hybridized carbons (Fsp3) is 0.625. The van der Waals surface area contributed by atoms with Crippen LogP contribution in [0.1, 0.15) is 43.9 Å². The number of hydrogen-bond acceptors (Lipinski definition) is 2. The lowest BCUT2D eigenvalue weighted by molar-refractivity contribution is 0.421. The van der Waals surface area contributed by atoms with Crippen LogP contribution in [0.15, 0.2) is 18.2 Å². The van der Waals surface area contributed by atoms with Crippen molar-refractivity contribution in [1.29, 1.82) is 0 Å². The quantitative estimate of drug-likeness (QED) is 0.781. The van der Waals surface area contributed by atoms with Crippen LogP contribution in [0.4, 0.5) is 0 Å². The first kappa shape index (κ1) is 13.6. The second-order valence-electron chi connectivity index (χ2n) is 6.31. The van der Waals surface area contributed by atoms with Gasteiger partial charge in [-0.25, -0.2) is 0 Å². The molecule has 1 aromatic rings. The summed E-state index contributed by atoms with van der Waals surface area (Å²) in [5.74, 6) is 0. The van der Waals surface area contributed by atoms with E-state index < -0.39 is 0 Å². The standard InChI is InChI=1S/C16H26N2/c1-16(2,3)18-10-9-17-12-13-7-8-14-5-4-6-15(14)11-13/h7-8,11,17-18H,4-6,9-10,12H2,1-3H3. The van der Waals surface area contributed by atoms with Gasteiger partial charge in [0.1, 0.15) is 0 Å². The molecule has 0 saturated carbocycles. The maximum absolute atomic E-state index is 3.50. The van der Waals surface area contributed by atoms with Crippen LogP contribution in [0.3, 0.4) is 0 Å². The molecule has 0 amide bonds. The molecular formula is C16H26N2. The van der Waals surface area contributed by atoms with Crippen LogP contribution < -0.4 is 10.6 Å². The van der Waals surface area contributed by atoms with Crippen molar-refractivity contribution in [3.05, 3.63) is 34.9 Å². The van der Waals surface area contributed by atoms with Crippen LogP contribution >= 0.6 is 0 Å². The van der Waals surface area contributed by atoms with Gasteiger partial charge in [-0.2, -0.15) is 0 Å². The number of nitrogens with one attached hydrogen (secondary N) is 2. The molecule has 0 fully saturated rings. The topological polar surface area (TPSA) is 24.1 Å². The van der Waals surface area contributed by atoms with Crippen molar-refractivity contribution in [2.45, 2.75) is 52.1 Å². The number of fused-ring (bicyclic) bond motifs is 1. The van der Waals surface area contributed by atoms with Crippen LogP contribution in [0.2, 0.25) is 0 Å². The molecule has 0 aromatic heterocycles. The molecule has 0 bridgehead atoms. The molecule has 2 rings (SSSR count). The van der Waals surface area contributed by atoms with E-state index in [2.05, 4.69) is 49.6 Å². The molecule has 2 nitrogen and oxygen atoms in total. The Kier molecular flexibility index (Phi) is 4.41. The molecule has 0 radical (unpaired) electrons. The Morgan fingerprint density at radius 3 is 2.61 bits per heavy atom. The third kappa shape index (κ3) is 4.11. The second kappa shape index (κ2) is 5.85. The molecule has 0 atom stereocenters. The van der Waals surface area contributed by atoms with Gasteiger partial charge in [0.25, 0.3) is 0 Å². The van der Waals surface area contributed by atoms with Crippen molar-refractivity contribution < 1.29 is 0 Å². The predicted octanol–water partition coefficient (Wildman–Crippen LogP) is 2.65. The van der Waals surface area contributed by atoms with Gasteiger partial charge in [0.15, 0.2) is 0 Å². The zero-order valence-electron chi connectivity index (χ0n) is 12.0. The highest BCUT2D eigenvalue weighted by molar-refractivity contribution is 5.35. The normalized spacial score (nSPS) is 14.8. The highest BCUT2D eigenvalue weighted by atomic mass is 15.0. The van der Waals surface area contributed by atoms with Crippen LogP contribution in [0.25, 0.3) is 0 Å². The summed E-state index contributed by atoms with van der Waals surface area (Å²) < 4.78 is 0. The zero-order chi connectivity index (χ0) is 13.0. The number of rotatable bonds is 5. The summed E-state index contributed by atoms with van der Waals surface area (Å²) >= 11 is 0. The van der Waals surface area contributed by atoms with E-state index >= 15 is 0 Å². The SMILES string of the molecule is CC(C)(C)NCCNCc1ccc2c(c1)CCC2. The van der Waals surface area contributed by atoms with E-state index in [9.17, 15) is 0 Å². The second-order valence-corrected chi connectivity index (χ2v) is 6.31. The van der Waals surface area contributed by atoms with E-state index in [4.69, 9.17) is 0 Å². The molecule has 0 spiro atoms. The molecule has 1 aliphatic rings. The number of hydrogen-bond donors (Lipinski definition) is 2. The van der Waals surface area contributed by atoms with Gasteiger partial charge >= 0.3 is 0 Å². The molecule has 1 aliphatic carbocycles. The first-order valence-electron chi connectivity index (χ1n) is 7.11. The first-order valence-corrected chi connectivity index (χ1v) is 7.11. The fourth-order valence-electron chi connectivity index (χ4n) is 2.49. The van der Waals surface area contributed by atoms with E-state index in [1.54, 1.807) is 11.1 Å². The van der Waals surface area contributed by atoms with Gasteiger partial charge in [0.2, 0.25) is 0 Å². The smallest absolute Gasteiger partial charge is 0.0206 e. The molecule has 0 heterocycles. The molecule has 2 N–H and O–H groups in total. The van der Waals surface area contributed by atoms with Gasteiger partial charge in [-0.3, -0.25) is 0 Å². The van der Waals surface area contributed by atoms with Crippen molar-refractivity contribution in [1.82, 2.24) is 10.6 Å². The largest absolute Gasteiger partial charge is 0.311 e. The van der Waals surface area contributed by atoms with E-state index in [1.807, 2.05) is 0 Å². The Labute approximate surface area is 111 Å². The molecule has 0 saturated heterocycles. The lowest BCUT2D eigenvalue weighted by Crippen LogP contribution is -2.40. The van der Waals surface area contributed by atoms with E-state index in [1.165, 1.54) is 24.8 Å². The Morgan fingerprint density at radius 2 is 1.83 bits per heavy atom. The van der Waals surface area contributed by atoms with E-state index in [-0.39, 0.29) is 5.54 Å². The highest BCUT2D eigenvalue weighted by Crippen LogP contribution is 2.22. The average Bonchev–Trinajstić information content (AvgIpc) is 2.74. The summed E-state index contributed by atoms with van der Waals surface area (Å²) in [6.07, 6.45) is 3.88. The van der Waals surface area contributed by atoms with Crippen LogP contribution in [-0.2, 0) is 19.4 Å². The summed E-state index contributed by atoms with van der Waals surface area (Å²) in [4.78, 5) is 0. The Bertz CT molecular complexity index is 391. The van der Waals surface area contributed by atoms with Crippen molar-refractivity contribution >= 4 is 0 Å². The van der Waals surface area contributed by atoms with Gasteiger partial charge < -0.3 is 10.6 Å². The van der Waals surface area contributed by atoms with E-state index in [0.29, 0.717) is 0 Å². The Hall–Kier alpha value is -0.860. The maximum Gasteiger partial charge on any atom is 0.0206 e. The van der Waals surface area contributed by atoms with E-state index in [0.717, 1.165) is 19.6 Å². The third-order valence-electron chi connectivity index (χ3n) is 3.45. The molecule has 18 heavy (non-hydrogen) atoms. The fourth-order valence-corrected chi connectivity index (χ4v) is 2.49.